The first-order chi connectivity index (χ1) is 16.0. The first-order valence-corrected chi connectivity index (χ1v) is 12.4. The number of carbonyl (C=O) groups is 3. The topological polar surface area (TPSA) is 113 Å². The lowest BCUT2D eigenvalue weighted by Crippen LogP contribution is -2.62. The van der Waals surface area contributed by atoms with Crippen LogP contribution in [0.3, 0.4) is 0 Å². The van der Waals surface area contributed by atoms with Gasteiger partial charge in [0.25, 0.3) is 0 Å². The smallest absolute Gasteiger partial charge is 0.324 e. The molecule has 1 heterocycles. The summed E-state index contributed by atoms with van der Waals surface area (Å²) in [5.41, 5.74) is 0.348. The largest absolute Gasteiger partial charge is 0.468 e. The highest BCUT2D eigenvalue weighted by atomic mass is 32.2. The zero-order chi connectivity index (χ0) is 25.3. The molecule has 0 spiro atoms. The van der Waals surface area contributed by atoms with Crippen molar-refractivity contribution in [1.82, 2.24) is 0 Å². The van der Waals surface area contributed by atoms with Gasteiger partial charge in [-0.25, -0.2) is 8.42 Å². The number of methoxy groups -OCH3 is 3. The molecule has 0 aromatic heterocycles. The second kappa shape index (κ2) is 9.58. The Balaban J connectivity index is 2.48. The van der Waals surface area contributed by atoms with Crippen LogP contribution in [0.1, 0.15) is 34.1 Å². The number of rotatable bonds is 5. The van der Waals surface area contributed by atoms with E-state index < -0.39 is 56.0 Å². The van der Waals surface area contributed by atoms with Gasteiger partial charge in [-0.1, -0.05) is 59.7 Å². The van der Waals surface area contributed by atoms with Gasteiger partial charge in [0.1, 0.15) is 0 Å². The van der Waals surface area contributed by atoms with Gasteiger partial charge < -0.3 is 14.2 Å². The summed E-state index contributed by atoms with van der Waals surface area (Å²) < 4.78 is 42.3. The van der Waals surface area contributed by atoms with Crippen LogP contribution in [0.25, 0.3) is 0 Å². The molecule has 0 N–H and O–H groups in total. The van der Waals surface area contributed by atoms with Gasteiger partial charge in [-0.3, -0.25) is 14.4 Å². The van der Waals surface area contributed by atoms with Crippen LogP contribution >= 0.6 is 0 Å². The average Bonchev–Trinajstić information content (AvgIpc) is 2.82. The summed E-state index contributed by atoms with van der Waals surface area (Å²) in [5, 5.41) is -1.82. The van der Waals surface area contributed by atoms with Crippen LogP contribution in [-0.2, 0) is 38.4 Å². The molecule has 0 radical (unpaired) electrons. The van der Waals surface area contributed by atoms with Crippen molar-refractivity contribution in [2.45, 2.75) is 30.9 Å². The number of ether oxygens (including phenoxy) is 3. The van der Waals surface area contributed by atoms with E-state index in [4.69, 9.17) is 14.2 Å². The molecule has 2 aromatic carbocycles. The van der Waals surface area contributed by atoms with Gasteiger partial charge in [0.05, 0.1) is 27.1 Å². The molecule has 3 rings (SSSR count). The number of sulfone groups is 1. The van der Waals surface area contributed by atoms with Crippen LogP contribution in [0.5, 0.6) is 0 Å². The molecule has 2 aromatic rings. The van der Waals surface area contributed by atoms with Gasteiger partial charge in [-0.05, 0) is 25.0 Å². The van der Waals surface area contributed by atoms with Crippen LogP contribution in [-0.4, -0.2) is 58.7 Å². The molecule has 9 heteroatoms. The predicted molar refractivity (Wildman–Crippen MR) is 124 cm³/mol. The molecule has 182 valence electrons. The zero-order valence-corrected chi connectivity index (χ0v) is 20.5. The highest BCUT2D eigenvalue weighted by Crippen LogP contribution is 2.56. The third-order valence-electron chi connectivity index (χ3n) is 6.52. The summed E-state index contributed by atoms with van der Waals surface area (Å²) in [6.07, 6.45) is 0. The maximum absolute atomic E-state index is 13.6. The third-order valence-corrected chi connectivity index (χ3v) is 8.56. The van der Waals surface area contributed by atoms with E-state index in [9.17, 15) is 22.8 Å². The molecular weight excluding hydrogens is 460 g/mol. The Morgan fingerprint density at radius 1 is 0.765 bits per heavy atom. The van der Waals surface area contributed by atoms with E-state index >= 15 is 0 Å². The predicted octanol–water partition coefficient (Wildman–Crippen LogP) is 2.47. The van der Waals surface area contributed by atoms with Gasteiger partial charge in [0, 0.05) is 11.8 Å². The monoisotopic (exact) mass is 488 g/mol. The summed E-state index contributed by atoms with van der Waals surface area (Å²) >= 11 is 0. The van der Waals surface area contributed by atoms with E-state index in [-0.39, 0.29) is 0 Å². The summed E-state index contributed by atoms with van der Waals surface area (Å²) in [6, 6.07) is 13.5. The van der Waals surface area contributed by atoms with Gasteiger partial charge >= 0.3 is 17.9 Å². The van der Waals surface area contributed by atoms with Crippen molar-refractivity contribution in [1.29, 1.82) is 0 Å². The quantitative estimate of drug-likeness (QED) is 0.358. The fourth-order valence-electron chi connectivity index (χ4n) is 4.86. The summed E-state index contributed by atoms with van der Waals surface area (Å²) in [4.78, 5) is 40.1. The van der Waals surface area contributed by atoms with Gasteiger partial charge in [-0.2, -0.15) is 0 Å². The van der Waals surface area contributed by atoms with E-state index in [0.29, 0.717) is 11.1 Å². The van der Waals surface area contributed by atoms with Crippen molar-refractivity contribution in [3.05, 3.63) is 70.8 Å². The van der Waals surface area contributed by atoms with Crippen molar-refractivity contribution in [3.8, 4) is 0 Å². The van der Waals surface area contributed by atoms with E-state index in [1.807, 2.05) is 13.8 Å². The Morgan fingerprint density at radius 3 is 1.62 bits per heavy atom. The number of esters is 3. The maximum atomic E-state index is 13.6. The first-order valence-electron chi connectivity index (χ1n) is 10.6. The van der Waals surface area contributed by atoms with E-state index in [2.05, 4.69) is 0 Å². The second-order valence-electron chi connectivity index (χ2n) is 8.48. The lowest BCUT2D eigenvalue weighted by molar-refractivity contribution is -0.174. The minimum Gasteiger partial charge on any atom is -0.468 e. The molecule has 0 saturated carbocycles. The normalized spacial score (nSPS) is 22.9. The number of carbonyl (C=O) groups excluding carboxylic acids is 3. The van der Waals surface area contributed by atoms with Gasteiger partial charge in [0.2, 0.25) is 0 Å². The SMILES string of the molecule is COC(=O)[C@H]1[C@H](c2ccc(C)cc2)C(C(=O)OC)(C(=O)OC)[C@H](c2ccc(C)cc2)CS1(=O)=O. The van der Waals surface area contributed by atoms with Gasteiger partial charge in [-0.15, -0.1) is 0 Å². The van der Waals surface area contributed by atoms with E-state index in [1.54, 1.807) is 48.5 Å². The highest BCUT2D eigenvalue weighted by molar-refractivity contribution is 7.92. The lowest BCUT2D eigenvalue weighted by atomic mass is 9.60. The van der Waals surface area contributed by atoms with Crippen molar-refractivity contribution >= 4 is 27.7 Å². The lowest BCUT2D eigenvalue weighted by Gasteiger charge is -2.47. The minimum atomic E-state index is -4.19. The molecule has 3 atom stereocenters. The Morgan fingerprint density at radius 2 is 1.21 bits per heavy atom. The van der Waals surface area contributed by atoms with Gasteiger partial charge in [0.15, 0.2) is 20.5 Å². The Hall–Kier alpha value is -3.20. The standard InChI is InChI=1S/C25H28O8S/c1-15-6-10-17(11-7-15)19-14-34(29,30)21(22(26)31-3)20(18-12-8-16(2)9-13-18)25(19,23(27)32-4)24(28)33-5/h6-13,19-21H,14H2,1-5H3/t19-,20-,21+/m0/s1. The van der Waals surface area contributed by atoms with Crippen LogP contribution in [0.15, 0.2) is 48.5 Å². The fraction of sp³-hybridized carbons (Fsp3) is 0.400. The first kappa shape index (κ1) is 25.4. The van der Waals surface area contributed by atoms with Crippen LogP contribution in [0.2, 0.25) is 0 Å². The minimum absolute atomic E-state index is 0.303. The average molecular weight is 489 g/mol. The molecule has 0 aliphatic carbocycles. The van der Waals surface area contributed by atoms with E-state index in [1.165, 1.54) is 0 Å². The maximum Gasteiger partial charge on any atom is 0.324 e. The Labute approximate surface area is 199 Å². The summed E-state index contributed by atoms with van der Waals surface area (Å²) in [6.45, 7) is 3.69. The molecule has 1 saturated heterocycles. The number of hydrogen-bond acceptors (Lipinski definition) is 8. The molecule has 1 fully saturated rings. The van der Waals surface area contributed by atoms with Crippen molar-refractivity contribution in [2.75, 3.05) is 27.1 Å². The van der Waals surface area contributed by atoms with Crippen molar-refractivity contribution in [2.24, 2.45) is 5.41 Å². The molecule has 0 bridgehead atoms. The Kier molecular flexibility index (Phi) is 7.16. The molecule has 1 aliphatic heterocycles. The molecule has 34 heavy (non-hydrogen) atoms. The molecule has 1 aliphatic rings. The molecular formula is C25H28O8S. The van der Waals surface area contributed by atoms with E-state index in [0.717, 1.165) is 32.5 Å². The summed E-state index contributed by atoms with van der Waals surface area (Å²) in [7, 11) is -0.905. The van der Waals surface area contributed by atoms with Crippen LogP contribution in [0.4, 0.5) is 0 Å². The number of benzene rings is 2. The van der Waals surface area contributed by atoms with Crippen LogP contribution < -0.4 is 0 Å². The summed E-state index contributed by atoms with van der Waals surface area (Å²) in [5.74, 6) is -6.32. The third kappa shape index (κ3) is 4.09. The van der Waals surface area contributed by atoms with Crippen LogP contribution in [0, 0.1) is 19.3 Å². The number of hydrogen-bond donors (Lipinski definition) is 0. The fourth-order valence-corrected chi connectivity index (χ4v) is 7.16. The molecule has 8 nitrogen and oxygen atoms in total. The zero-order valence-electron chi connectivity index (χ0n) is 19.7. The van der Waals surface area contributed by atoms with Crippen molar-refractivity contribution in [3.63, 3.8) is 0 Å². The second-order valence-corrected chi connectivity index (χ2v) is 10.6. The molecule has 0 unspecified atom stereocenters. The Bertz CT molecular complexity index is 1170. The molecule has 0 amide bonds. The highest BCUT2D eigenvalue weighted by Gasteiger charge is 2.69. The number of aryl methyl sites for hydroxylation is 2. The van der Waals surface area contributed by atoms with Crippen molar-refractivity contribution < 1.29 is 37.0 Å².